The quantitative estimate of drug-likeness (QED) is 0.753. The Morgan fingerprint density at radius 1 is 1.35 bits per heavy atom. The highest BCUT2D eigenvalue weighted by Gasteiger charge is 2.18. The predicted molar refractivity (Wildman–Crippen MR) is 90.9 cm³/mol. The van der Waals surface area contributed by atoms with Crippen LogP contribution in [0.5, 0.6) is 5.88 Å². The SMILES string of the molecule is COc1ncccc1NC(=O)CC(c1ccsc1)n1cccc1. The minimum Gasteiger partial charge on any atom is -0.480 e. The number of nitrogens with one attached hydrogen (secondary N) is 1. The summed E-state index contributed by atoms with van der Waals surface area (Å²) in [7, 11) is 1.53. The fourth-order valence-corrected chi connectivity index (χ4v) is 3.15. The Bertz CT molecular complexity index is 720. The maximum atomic E-state index is 12.5. The molecule has 23 heavy (non-hydrogen) atoms. The molecule has 0 aliphatic rings. The lowest BCUT2D eigenvalue weighted by atomic mass is 10.1. The van der Waals surface area contributed by atoms with Crippen molar-refractivity contribution in [1.29, 1.82) is 0 Å². The second-order valence-electron chi connectivity index (χ2n) is 5.02. The van der Waals surface area contributed by atoms with Crippen LogP contribution < -0.4 is 10.1 Å². The number of carbonyl (C=O) groups excluding carboxylic acids is 1. The summed E-state index contributed by atoms with van der Waals surface area (Å²) in [4.78, 5) is 16.6. The van der Waals surface area contributed by atoms with Crippen molar-refractivity contribution in [2.24, 2.45) is 0 Å². The Kier molecular flexibility index (Phi) is 4.73. The summed E-state index contributed by atoms with van der Waals surface area (Å²) in [5.74, 6) is 0.329. The molecule has 0 aliphatic heterocycles. The fraction of sp³-hybridized carbons (Fsp3) is 0.176. The van der Waals surface area contributed by atoms with Crippen molar-refractivity contribution < 1.29 is 9.53 Å². The molecular weight excluding hydrogens is 310 g/mol. The summed E-state index contributed by atoms with van der Waals surface area (Å²) >= 11 is 1.63. The first-order valence-electron chi connectivity index (χ1n) is 7.21. The van der Waals surface area contributed by atoms with Gasteiger partial charge in [-0.2, -0.15) is 11.3 Å². The molecule has 1 atom stereocenters. The molecule has 1 unspecified atom stereocenters. The first kappa shape index (κ1) is 15.3. The van der Waals surface area contributed by atoms with Gasteiger partial charge in [0, 0.05) is 18.6 Å². The smallest absolute Gasteiger partial charge is 0.237 e. The van der Waals surface area contributed by atoms with Crippen molar-refractivity contribution in [2.45, 2.75) is 12.5 Å². The van der Waals surface area contributed by atoms with Gasteiger partial charge < -0.3 is 14.6 Å². The van der Waals surface area contributed by atoms with E-state index in [-0.39, 0.29) is 11.9 Å². The third-order valence-corrected chi connectivity index (χ3v) is 4.23. The van der Waals surface area contributed by atoms with E-state index in [0.29, 0.717) is 18.0 Å². The standard InChI is InChI=1S/C17H17N3O2S/c1-22-17-14(5-4-7-18-17)19-16(21)11-15(13-6-10-23-12-13)20-8-2-3-9-20/h2-10,12,15H,11H2,1H3,(H,19,21). The zero-order chi connectivity index (χ0) is 16.1. The third-order valence-electron chi connectivity index (χ3n) is 3.53. The molecule has 3 heterocycles. The minimum absolute atomic E-state index is 0.0288. The van der Waals surface area contributed by atoms with Crippen molar-refractivity contribution >= 4 is 22.9 Å². The second-order valence-corrected chi connectivity index (χ2v) is 5.80. The average molecular weight is 327 g/mol. The monoisotopic (exact) mass is 327 g/mol. The van der Waals surface area contributed by atoms with Gasteiger partial charge in [0.25, 0.3) is 0 Å². The summed E-state index contributed by atoms with van der Waals surface area (Å²) in [6.45, 7) is 0. The summed E-state index contributed by atoms with van der Waals surface area (Å²) in [6.07, 6.45) is 5.91. The molecule has 118 valence electrons. The minimum atomic E-state index is -0.0822. The molecular formula is C17H17N3O2S. The van der Waals surface area contributed by atoms with Gasteiger partial charge >= 0.3 is 0 Å². The number of hydrogen-bond acceptors (Lipinski definition) is 4. The molecule has 0 fully saturated rings. The normalized spacial score (nSPS) is 11.9. The number of hydrogen-bond donors (Lipinski definition) is 1. The largest absolute Gasteiger partial charge is 0.480 e. The Balaban J connectivity index is 1.77. The van der Waals surface area contributed by atoms with Gasteiger partial charge in [0.05, 0.1) is 19.6 Å². The predicted octanol–water partition coefficient (Wildman–Crippen LogP) is 3.57. The molecule has 3 aromatic heterocycles. The van der Waals surface area contributed by atoms with Crippen molar-refractivity contribution in [3.8, 4) is 5.88 Å². The van der Waals surface area contributed by atoms with Crippen molar-refractivity contribution in [2.75, 3.05) is 12.4 Å². The van der Waals surface area contributed by atoms with E-state index in [2.05, 4.69) is 15.7 Å². The summed E-state index contributed by atoms with van der Waals surface area (Å²) < 4.78 is 7.21. The van der Waals surface area contributed by atoms with Gasteiger partial charge in [0.2, 0.25) is 11.8 Å². The van der Waals surface area contributed by atoms with Gasteiger partial charge in [0.15, 0.2) is 0 Å². The van der Waals surface area contributed by atoms with Crippen LogP contribution in [0.1, 0.15) is 18.0 Å². The van der Waals surface area contributed by atoms with Crippen LogP contribution in [0.25, 0.3) is 0 Å². The van der Waals surface area contributed by atoms with Crippen LogP contribution in [0.4, 0.5) is 5.69 Å². The number of nitrogens with zero attached hydrogens (tertiary/aromatic N) is 2. The van der Waals surface area contributed by atoms with E-state index in [4.69, 9.17) is 4.74 Å². The highest BCUT2D eigenvalue weighted by atomic mass is 32.1. The van der Waals surface area contributed by atoms with E-state index >= 15 is 0 Å². The van der Waals surface area contributed by atoms with Gasteiger partial charge in [0.1, 0.15) is 5.69 Å². The van der Waals surface area contributed by atoms with Gasteiger partial charge in [-0.15, -0.1) is 0 Å². The van der Waals surface area contributed by atoms with E-state index in [1.807, 2.05) is 40.5 Å². The van der Waals surface area contributed by atoms with Gasteiger partial charge in [-0.1, -0.05) is 0 Å². The first-order valence-corrected chi connectivity index (χ1v) is 8.15. The van der Waals surface area contributed by atoms with Crippen LogP contribution in [0.2, 0.25) is 0 Å². The Hall–Kier alpha value is -2.60. The summed E-state index contributed by atoms with van der Waals surface area (Å²) in [5, 5.41) is 6.97. The molecule has 1 N–H and O–H groups in total. The number of methoxy groups -OCH3 is 1. The number of carbonyl (C=O) groups is 1. The number of aromatic nitrogens is 2. The molecule has 0 saturated heterocycles. The lowest BCUT2D eigenvalue weighted by molar-refractivity contribution is -0.116. The Morgan fingerprint density at radius 2 is 2.17 bits per heavy atom. The molecule has 6 heteroatoms. The molecule has 0 spiro atoms. The van der Waals surface area contributed by atoms with Crippen molar-refractivity contribution in [3.05, 3.63) is 65.2 Å². The third kappa shape index (κ3) is 3.60. The second kappa shape index (κ2) is 7.11. The van der Waals surface area contributed by atoms with Gasteiger partial charge in [-0.25, -0.2) is 4.98 Å². The number of pyridine rings is 1. The van der Waals surface area contributed by atoms with Crippen LogP contribution in [0, 0.1) is 0 Å². The molecule has 0 aromatic carbocycles. The van der Waals surface area contributed by atoms with E-state index in [9.17, 15) is 4.79 Å². The number of thiophene rings is 1. The summed E-state index contributed by atoms with van der Waals surface area (Å²) in [6, 6.07) is 9.48. The average Bonchev–Trinajstić information content (AvgIpc) is 3.27. The van der Waals surface area contributed by atoms with E-state index in [0.717, 1.165) is 5.56 Å². The first-order chi connectivity index (χ1) is 11.3. The molecule has 5 nitrogen and oxygen atoms in total. The zero-order valence-electron chi connectivity index (χ0n) is 12.7. The topological polar surface area (TPSA) is 56.1 Å². The van der Waals surface area contributed by atoms with Crippen molar-refractivity contribution in [3.63, 3.8) is 0 Å². The van der Waals surface area contributed by atoms with Crippen molar-refractivity contribution in [1.82, 2.24) is 9.55 Å². The number of anilines is 1. The van der Waals surface area contributed by atoms with Gasteiger partial charge in [-0.3, -0.25) is 4.79 Å². The highest BCUT2D eigenvalue weighted by molar-refractivity contribution is 7.08. The molecule has 3 rings (SSSR count). The van der Waals surface area contributed by atoms with Crippen LogP contribution in [-0.2, 0) is 4.79 Å². The number of amides is 1. The molecule has 0 radical (unpaired) electrons. The molecule has 1 amide bonds. The molecule has 0 aliphatic carbocycles. The van der Waals surface area contributed by atoms with Crippen LogP contribution >= 0.6 is 11.3 Å². The van der Waals surface area contributed by atoms with Crippen LogP contribution in [-0.4, -0.2) is 22.6 Å². The highest BCUT2D eigenvalue weighted by Crippen LogP contribution is 2.26. The van der Waals surface area contributed by atoms with Crippen LogP contribution in [0.3, 0.4) is 0 Å². The van der Waals surface area contributed by atoms with E-state index < -0.39 is 0 Å². The summed E-state index contributed by atoms with van der Waals surface area (Å²) in [5.41, 5.74) is 1.70. The molecule has 3 aromatic rings. The zero-order valence-corrected chi connectivity index (χ0v) is 13.5. The Labute approximate surface area is 138 Å². The van der Waals surface area contributed by atoms with Crippen LogP contribution in [0.15, 0.2) is 59.7 Å². The molecule has 0 bridgehead atoms. The van der Waals surface area contributed by atoms with E-state index in [1.165, 1.54) is 7.11 Å². The Morgan fingerprint density at radius 3 is 2.87 bits per heavy atom. The number of rotatable bonds is 6. The number of ether oxygens (including phenoxy) is 1. The molecule has 0 saturated carbocycles. The fourth-order valence-electron chi connectivity index (χ4n) is 2.44. The lowest BCUT2D eigenvalue weighted by Gasteiger charge is -2.18. The maximum Gasteiger partial charge on any atom is 0.237 e. The maximum absolute atomic E-state index is 12.5. The van der Waals surface area contributed by atoms with E-state index in [1.54, 1.807) is 29.7 Å². The van der Waals surface area contributed by atoms with Gasteiger partial charge in [-0.05, 0) is 46.7 Å². The lowest BCUT2D eigenvalue weighted by Crippen LogP contribution is -2.19.